The van der Waals surface area contributed by atoms with Crippen LogP contribution in [-0.4, -0.2) is 75.0 Å². The monoisotopic (exact) mass is 1030 g/mol. The van der Waals surface area contributed by atoms with Crippen molar-refractivity contribution in [3.8, 4) is 33.8 Å². The van der Waals surface area contributed by atoms with Crippen LogP contribution in [-0.2, 0) is 40.8 Å². The largest absolute Gasteiger partial charge is 0.487 e. The van der Waals surface area contributed by atoms with Crippen LogP contribution in [0.2, 0.25) is 0 Å². The topological polar surface area (TPSA) is 208 Å². The number of aryl methyl sites for hydroxylation is 2. The van der Waals surface area contributed by atoms with Crippen LogP contribution in [0.25, 0.3) is 28.1 Å². The summed E-state index contributed by atoms with van der Waals surface area (Å²) in [4.78, 5) is 33.4. The third kappa shape index (κ3) is 11.6. The number of carbonyl (C=O) groups excluding carboxylic acids is 2. The highest BCUT2D eigenvalue weighted by molar-refractivity contribution is 7.90. The van der Waals surface area contributed by atoms with Crippen LogP contribution in [0.1, 0.15) is 98.0 Å². The summed E-state index contributed by atoms with van der Waals surface area (Å²) in [6.07, 6.45) is -0.433. The number of carbonyl (C=O) groups is 2. The second-order valence-electron chi connectivity index (χ2n) is 20.3. The molecule has 73 heavy (non-hydrogen) atoms. The van der Waals surface area contributed by atoms with Gasteiger partial charge < -0.3 is 20.1 Å². The summed E-state index contributed by atoms with van der Waals surface area (Å²) in [6.45, 7) is 18.3. The van der Waals surface area contributed by atoms with E-state index in [1.165, 1.54) is 12.1 Å². The van der Waals surface area contributed by atoms with Gasteiger partial charge >= 0.3 is 6.09 Å². The predicted octanol–water partition coefficient (Wildman–Crippen LogP) is 8.94. The van der Waals surface area contributed by atoms with Crippen molar-refractivity contribution in [1.29, 1.82) is 0 Å². The van der Waals surface area contributed by atoms with Gasteiger partial charge in [0.05, 0.1) is 32.5 Å². The maximum absolute atomic E-state index is 14.3. The quantitative estimate of drug-likeness (QED) is 0.0329. The second kappa shape index (κ2) is 20.5. The Morgan fingerprint density at radius 3 is 2.11 bits per heavy atom. The molecule has 0 spiro atoms. The first-order valence-corrected chi connectivity index (χ1v) is 27.1. The fraction of sp³-hybridized carbons (Fsp3) is 0.345. The number of nitrogens with one attached hydrogen (secondary N) is 4. The standard InChI is InChI=1S/C55H63N7O9S2/c1-33-21-23-38(24-22-33)48-30-34(2)58-62(48)39-25-27-40(28-26-39)72(65,66)60-51(63)47(57-53(64)69-32-46-43-18-13-11-16-41(43)42-17-12-14-19-44(42)46)20-15-29-56-52(59-71-54(6,7)8)61-73(67,68)50-36(4)35(3)49-45(37(50)5)31-55(9,10)70-49/h11-14,16-19,21-28,30,46-47H,15,20,29,31-32H2,1-10H3,(H,57,64)(H,60,63)(H2,56,59,61)/t47-/m0/s1. The van der Waals surface area contributed by atoms with E-state index in [0.29, 0.717) is 34.5 Å². The number of fused-ring (bicyclic) bond motifs is 4. The van der Waals surface area contributed by atoms with E-state index in [9.17, 15) is 26.4 Å². The molecule has 0 saturated carbocycles. The third-order valence-corrected chi connectivity index (χ3v) is 15.8. The van der Waals surface area contributed by atoms with Crippen molar-refractivity contribution in [2.75, 3.05) is 13.2 Å². The average Bonchev–Trinajstić information content (AvgIpc) is 4.00. The number of amides is 2. The van der Waals surface area contributed by atoms with Crippen LogP contribution in [0.3, 0.4) is 0 Å². The number of alkyl carbamates (subject to hydrolysis) is 1. The highest BCUT2D eigenvalue weighted by Crippen LogP contribution is 2.45. The molecule has 4 N–H and O–H groups in total. The number of hydrogen-bond acceptors (Lipinski definition) is 10. The molecule has 5 aromatic carbocycles. The summed E-state index contributed by atoms with van der Waals surface area (Å²) in [5.41, 5.74) is 12.2. The zero-order chi connectivity index (χ0) is 52.6. The Morgan fingerprint density at radius 1 is 0.849 bits per heavy atom. The van der Waals surface area contributed by atoms with Crippen molar-refractivity contribution in [3.63, 3.8) is 0 Å². The number of nitrogens with zero attached hydrogens (tertiary/aromatic N) is 3. The molecule has 16 nitrogen and oxygen atoms in total. The van der Waals surface area contributed by atoms with Gasteiger partial charge in [-0.1, -0.05) is 78.4 Å². The van der Waals surface area contributed by atoms with Gasteiger partial charge in [0.1, 0.15) is 24.0 Å². The van der Waals surface area contributed by atoms with E-state index >= 15 is 0 Å². The lowest BCUT2D eigenvalue weighted by Crippen LogP contribution is -2.49. The smallest absolute Gasteiger partial charge is 0.407 e. The lowest BCUT2D eigenvalue weighted by molar-refractivity contribution is -0.121. The first-order valence-electron chi connectivity index (χ1n) is 24.2. The van der Waals surface area contributed by atoms with Crippen molar-refractivity contribution in [1.82, 2.24) is 30.6 Å². The minimum Gasteiger partial charge on any atom is -0.487 e. The molecule has 0 unspecified atom stereocenters. The number of aromatic nitrogens is 2. The van der Waals surface area contributed by atoms with E-state index in [0.717, 1.165) is 50.3 Å². The summed E-state index contributed by atoms with van der Waals surface area (Å²) in [7, 11) is -8.85. The molecular formula is C55H63N7O9S2. The Hall–Kier alpha value is -7.02. The molecule has 0 fully saturated rings. The highest BCUT2D eigenvalue weighted by atomic mass is 32.2. The Kier molecular flexibility index (Phi) is 14.7. The van der Waals surface area contributed by atoms with Crippen LogP contribution in [0.4, 0.5) is 4.79 Å². The molecule has 18 heteroatoms. The molecule has 2 amide bonds. The van der Waals surface area contributed by atoms with Gasteiger partial charge in [-0.05, 0) is 151 Å². The molecule has 384 valence electrons. The molecule has 8 rings (SSSR count). The van der Waals surface area contributed by atoms with Crippen molar-refractivity contribution >= 4 is 38.0 Å². The minimum absolute atomic E-state index is 0.0000928. The number of guanidine groups is 1. The number of rotatable bonds is 15. The van der Waals surface area contributed by atoms with Gasteiger partial charge in [0.25, 0.3) is 26.0 Å². The van der Waals surface area contributed by atoms with Crippen molar-refractivity contribution < 1.29 is 40.7 Å². The van der Waals surface area contributed by atoms with E-state index in [1.54, 1.807) is 51.4 Å². The fourth-order valence-electron chi connectivity index (χ4n) is 9.31. The van der Waals surface area contributed by atoms with Crippen molar-refractivity contribution in [2.45, 2.75) is 121 Å². The van der Waals surface area contributed by atoms with Crippen LogP contribution in [0.5, 0.6) is 5.75 Å². The number of hydrogen-bond donors (Lipinski definition) is 4. The van der Waals surface area contributed by atoms with E-state index in [-0.39, 0.29) is 47.7 Å². The lowest BCUT2D eigenvalue weighted by Gasteiger charge is -2.22. The Morgan fingerprint density at radius 2 is 1.48 bits per heavy atom. The summed E-state index contributed by atoms with van der Waals surface area (Å²) in [6, 6.07) is 30.2. The van der Waals surface area contributed by atoms with E-state index in [4.69, 9.17) is 14.3 Å². The van der Waals surface area contributed by atoms with E-state index < -0.39 is 49.3 Å². The average molecular weight is 1030 g/mol. The minimum atomic E-state index is -4.48. The highest BCUT2D eigenvalue weighted by Gasteiger charge is 2.37. The summed E-state index contributed by atoms with van der Waals surface area (Å²) in [5, 5.41) is 10.2. The molecule has 0 radical (unpaired) electrons. The Balaban J connectivity index is 1.01. The Labute approximate surface area is 428 Å². The first kappa shape index (κ1) is 52.3. The van der Waals surface area contributed by atoms with Crippen molar-refractivity contribution in [3.05, 3.63) is 148 Å². The second-order valence-corrected chi connectivity index (χ2v) is 23.5. The molecule has 0 bridgehead atoms. The predicted molar refractivity (Wildman–Crippen MR) is 281 cm³/mol. The molecule has 1 aliphatic heterocycles. The van der Waals surface area contributed by atoms with Crippen LogP contribution < -0.4 is 25.6 Å². The zero-order valence-electron chi connectivity index (χ0n) is 42.8. The molecular weight excluding hydrogens is 967 g/mol. The molecule has 2 heterocycles. The third-order valence-electron chi connectivity index (χ3n) is 12.9. The number of benzene rings is 5. The molecule has 0 saturated heterocycles. The van der Waals surface area contributed by atoms with Gasteiger partial charge in [-0.2, -0.15) is 13.5 Å². The number of hydroxylamine groups is 1. The van der Waals surface area contributed by atoms with Crippen LogP contribution >= 0.6 is 0 Å². The maximum Gasteiger partial charge on any atom is 0.407 e. The van der Waals surface area contributed by atoms with Gasteiger partial charge in [-0.25, -0.2) is 28.1 Å². The molecule has 1 aliphatic carbocycles. The van der Waals surface area contributed by atoms with Gasteiger partial charge in [-0.3, -0.25) is 9.63 Å². The molecule has 1 aromatic heterocycles. The van der Waals surface area contributed by atoms with Gasteiger partial charge in [-0.15, -0.1) is 4.40 Å². The molecule has 6 aromatic rings. The van der Waals surface area contributed by atoms with Crippen LogP contribution in [0.15, 0.2) is 117 Å². The normalized spacial score (nSPS) is 14.6. The number of sulfonamides is 2. The lowest BCUT2D eigenvalue weighted by atomic mass is 9.94. The first-order chi connectivity index (χ1) is 34.4. The van der Waals surface area contributed by atoms with Gasteiger partial charge in [0, 0.05) is 30.0 Å². The van der Waals surface area contributed by atoms with E-state index in [2.05, 4.69) is 30.3 Å². The maximum atomic E-state index is 14.3. The summed E-state index contributed by atoms with van der Waals surface area (Å²) in [5.74, 6) is -0.838. The Bertz CT molecular complexity index is 3300. The fourth-order valence-corrected chi connectivity index (χ4v) is 11.8. The van der Waals surface area contributed by atoms with E-state index in [1.807, 2.05) is 113 Å². The number of ether oxygens (including phenoxy) is 2. The van der Waals surface area contributed by atoms with Crippen LogP contribution in [0, 0.1) is 34.6 Å². The summed E-state index contributed by atoms with van der Waals surface area (Å²) < 4.78 is 76.4. The van der Waals surface area contributed by atoms with Gasteiger partial charge in [0.2, 0.25) is 5.96 Å². The molecule has 1 atom stereocenters. The van der Waals surface area contributed by atoms with Crippen molar-refractivity contribution in [2.24, 2.45) is 4.40 Å². The van der Waals surface area contributed by atoms with Gasteiger partial charge in [0.15, 0.2) is 0 Å². The SMILES string of the molecule is Cc1ccc(-c2cc(C)nn2-c2ccc(S(=O)(=O)NC(=O)[C@H](CCCN/C(=N/S(=O)(=O)c3c(C)c(C)c4c(c3C)CC(C)(C)O4)NOC(C)(C)C)NC(=O)OCC3c4ccccc4-c4ccccc43)cc2)cc1. The summed E-state index contributed by atoms with van der Waals surface area (Å²) >= 11 is 0. The zero-order valence-corrected chi connectivity index (χ0v) is 44.5. The molecule has 2 aliphatic rings.